The third-order valence-corrected chi connectivity index (χ3v) is 3.30. The Morgan fingerprint density at radius 3 is 2.61 bits per heavy atom. The molecule has 3 N–H and O–H groups in total. The minimum atomic E-state index is -3.98. The van der Waals surface area contributed by atoms with E-state index < -0.39 is 10.1 Å². The van der Waals surface area contributed by atoms with Gasteiger partial charge in [0.25, 0.3) is 10.1 Å². The van der Waals surface area contributed by atoms with Gasteiger partial charge in [-0.2, -0.15) is 8.42 Å². The van der Waals surface area contributed by atoms with Crippen LogP contribution in [0.3, 0.4) is 0 Å². The van der Waals surface area contributed by atoms with Crippen molar-refractivity contribution in [3.8, 4) is 5.75 Å². The third kappa shape index (κ3) is 3.78. The first-order valence-corrected chi connectivity index (χ1v) is 7.12. The molecule has 7 heteroatoms. The van der Waals surface area contributed by atoms with Crippen LogP contribution in [0.25, 0.3) is 0 Å². The number of para-hydroxylation sites is 1. The third-order valence-electron chi connectivity index (χ3n) is 2.60. The summed E-state index contributed by atoms with van der Waals surface area (Å²) in [6, 6.07) is 5.29. The fourth-order valence-electron chi connectivity index (χ4n) is 1.66. The van der Waals surface area contributed by atoms with Crippen LogP contribution in [0.1, 0.15) is 6.92 Å². The summed E-state index contributed by atoms with van der Waals surface area (Å²) < 4.78 is 35.4. The maximum Gasteiger partial charge on any atom is 0.266 e. The summed E-state index contributed by atoms with van der Waals surface area (Å²) in [7, 11) is -2.46. The maximum atomic E-state index is 10.8. The molecule has 6 nitrogen and oxygen atoms in total. The Morgan fingerprint density at radius 1 is 1.44 bits per heavy atom. The average Bonchev–Trinajstić information content (AvgIpc) is 2.30. The van der Waals surface area contributed by atoms with Crippen molar-refractivity contribution in [2.24, 2.45) is 0 Å². The van der Waals surface area contributed by atoms with E-state index in [1.165, 1.54) is 7.11 Å². The maximum absolute atomic E-state index is 10.8. The van der Waals surface area contributed by atoms with E-state index in [1.54, 1.807) is 23.1 Å². The molecule has 0 atom stereocenters. The predicted octanol–water partition coefficient (Wildman–Crippen LogP) is 0.992. The van der Waals surface area contributed by atoms with Crippen LogP contribution in [0.15, 0.2) is 18.2 Å². The number of nitrogens with zero attached hydrogens (tertiary/aromatic N) is 1. The van der Waals surface area contributed by atoms with E-state index >= 15 is 0 Å². The average molecular weight is 274 g/mol. The number of ether oxygens (including phenoxy) is 1. The molecule has 0 unspecified atom stereocenters. The summed E-state index contributed by atoms with van der Waals surface area (Å²) in [5.41, 5.74) is 7.08. The number of methoxy groups -OCH3 is 1. The summed E-state index contributed by atoms with van der Waals surface area (Å²) in [5, 5.41) is 0. The van der Waals surface area contributed by atoms with Gasteiger partial charge in [-0.25, -0.2) is 0 Å². The molecule has 0 amide bonds. The molecule has 18 heavy (non-hydrogen) atoms. The number of anilines is 2. The molecule has 1 aromatic carbocycles. The Labute approximate surface area is 107 Å². The summed E-state index contributed by atoms with van der Waals surface area (Å²) in [5.74, 6) is 0.204. The monoisotopic (exact) mass is 274 g/mol. The van der Waals surface area contributed by atoms with Gasteiger partial charge >= 0.3 is 0 Å². The quantitative estimate of drug-likeness (QED) is 0.593. The minimum absolute atomic E-state index is 0.173. The Morgan fingerprint density at radius 2 is 2.11 bits per heavy atom. The smallest absolute Gasteiger partial charge is 0.266 e. The normalized spacial score (nSPS) is 11.3. The Hall–Kier alpha value is -1.47. The number of nitrogen functional groups attached to an aromatic ring is 1. The van der Waals surface area contributed by atoms with E-state index in [0.717, 1.165) is 0 Å². The van der Waals surface area contributed by atoms with Crippen molar-refractivity contribution in [2.75, 3.05) is 36.6 Å². The molecule has 0 aromatic heterocycles. The Balaban J connectivity index is 2.95. The van der Waals surface area contributed by atoms with Gasteiger partial charge < -0.3 is 15.4 Å². The van der Waals surface area contributed by atoms with Crippen LogP contribution in [-0.2, 0) is 10.1 Å². The molecule has 0 aliphatic rings. The van der Waals surface area contributed by atoms with Crippen LogP contribution in [0, 0.1) is 0 Å². The zero-order valence-corrected chi connectivity index (χ0v) is 11.3. The van der Waals surface area contributed by atoms with Gasteiger partial charge in [-0.1, -0.05) is 6.07 Å². The van der Waals surface area contributed by atoms with Crippen molar-refractivity contribution in [3.63, 3.8) is 0 Å². The van der Waals surface area contributed by atoms with Crippen molar-refractivity contribution >= 4 is 21.5 Å². The van der Waals surface area contributed by atoms with Gasteiger partial charge in [-0.3, -0.25) is 4.55 Å². The highest BCUT2D eigenvalue weighted by atomic mass is 32.2. The van der Waals surface area contributed by atoms with Crippen LogP contribution in [0.5, 0.6) is 5.75 Å². The molecule has 0 heterocycles. The summed E-state index contributed by atoms with van der Waals surface area (Å²) in [4.78, 5) is 1.77. The SMILES string of the molecule is CCN(CCS(=O)(=O)O)c1cccc(OC)c1N. The molecular formula is C11H18N2O4S. The molecule has 0 fully saturated rings. The van der Waals surface area contributed by atoms with E-state index in [4.69, 9.17) is 15.0 Å². The molecule has 0 saturated heterocycles. The molecule has 1 rings (SSSR count). The van der Waals surface area contributed by atoms with Crippen molar-refractivity contribution < 1.29 is 17.7 Å². The highest BCUT2D eigenvalue weighted by molar-refractivity contribution is 7.85. The number of hydrogen-bond acceptors (Lipinski definition) is 5. The minimum Gasteiger partial charge on any atom is -0.495 e. The van der Waals surface area contributed by atoms with E-state index in [-0.39, 0.29) is 12.3 Å². The largest absolute Gasteiger partial charge is 0.495 e. The van der Waals surface area contributed by atoms with Crippen LogP contribution < -0.4 is 15.4 Å². The lowest BCUT2D eigenvalue weighted by Gasteiger charge is -2.24. The molecule has 0 bridgehead atoms. The molecule has 0 aliphatic carbocycles. The van der Waals surface area contributed by atoms with Crippen molar-refractivity contribution in [2.45, 2.75) is 6.92 Å². The fourth-order valence-corrected chi connectivity index (χ4v) is 2.11. The number of nitrogens with two attached hydrogens (primary N) is 1. The second-order valence-corrected chi connectivity index (χ2v) is 5.33. The molecule has 0 spiro atoms. The van der Waals surface area contributed by atoms with Crippen LogP contribution >= 0.6 is 0 Å². The van der Waals surface area contributed by atoms with Gasteiger partial charge in [0, 0.05) is 13.1 Å². The topological polar surface area (TPSA) is 92.9 Å². The Bertz CT molecular complexity index is 502. The molecule has 0 aliphatic heterocycles. The first kappa shape index (κ1) is 14.6. The van der Waals surface area contributed by atoms with Crippen LogP contribution in [-0.4, -0.2) is 38.9 Å². The zero-order chi connectivity index (χ0) is 13.8. The van der Waals surface area contributed by atoms with E-state index in [9.17, 15) is 8.42 Å². The molecule has 0 saturated carbocycles. The lowest BCUT2D eigenvalue weighted by molar-refractivity contribution is 0.417. The van der Waals surface area contributed by atoms with Crippen LogP contribution in [0.2, 0.25) is 0 Å². The highest BCUT2D eigenvalue weighted by Crippen LogP contribution is 2.31. The van der Waals surface area contributed by atoms with Gasteiger partial charge in [0.2, 0.25) is 0 Å². The molecule has 1 aromatic rings. The van der Waals surface area contributed by atoms with E-state index in [2.05, 4.69) is 0 Å². The van der Waals surface area contributed by atoms with Gasteiger partial charge in [-0.15, -0.1) is 0 Å². The standard InChI is InChI=1S/C11H18N2O4S/c1-3-13(7-8-18(14,15)16)9-5-4-6-10(17-2)11(9)12/h4-6H,3,7-8,12H2,1-2H3,(H,14,15,16). The second kappa shape index (κ2) is 5.92. The van der Waals surface area contributed by atoms with Gasteiger partial charge in [0.1, 0.15) is 5.75 Å². The van der Waals surface area contributed by atoms with E-state index in [1.807, 2.05) is 6.92 Å². The Kier molecular flexibility index (Phi) is 4.80. The van der Waals surface area contributed by atoms with Gasteiger partial charge in [0.15, 0.2) is 0 Å². The first-order valence-electron chi connectivity index (χ1n) is 5.51. The number of hydrogen-bond donors (Lipinski definition) is 2. The molecule has 0 radical (unpaired) electrons. The van der Waals surface area contributed by atoms with Crippen molar-refractivity contribution in [1.82, 2.24) is 0 Å². The second-order valence-electron chi connectivity index (χ2n) is 3.76. The van der Waals surface area contributed by atoms with E-state index in [0.29, 0.717) is 23.7 Å². The highest BCUT2D eigenvalue weighted by Gasteiger charge is 2.14. The lowest BCUT2D eigenvalue weighted by atomic mass is 10.2. The summed E-state index contributed by atoms with van der Waals surface area (Å²) in [6.07, 6.45) is 0. The number of benzene rings is 1. The van der Waals surface area contributed by atoms with Crippen molar-refractivity contribution in [1.29, 1.82) is 0 Å². The van der Waals surface area contributed by atoms with Gasteiger partial charge in [-0.05, 0) is 19.1 Å². The van der Waals surface area contributed by atoms with Crippen LogP contribution in [0.4, 0.5) is 11.4 Å². The van der Waals surface area contributed by atoms with Gasteiger partial charge in [0.05, 0.1) is 24.2 Å². The fraction of sp³-hybridized carbons (Fsp3) is 0.455. The zero-order valence-electron chi connectivity index (χ0n) is 10.5. The summed E-state index contributed by atoms with van der Waals surface area (Å²) in [6.45, 7) is 2.63. The van der Waals surface area contributed by atoms with Crippen molar-refractivity contribution in [3.05, 3.63) is 18.2 Å². The first-order chi connectivity index (χ1) is 8.39. The predicted molar refractivity (Wildman–Crippen MR) is 71.7 cm³/mol. The molecule has 102 valence electrons. The lowest BCUT2D eigenvalue weighted by Crippen LogP contribution is -2.29. The molecular weight excluding hydrogens is 256 g/mol. The summed E-state index contributed by atoms with van der Waals surface area (Å²) >= 11 is 0. The number of rotatable bonds is 6.